The van der Waals surface area contributed by atoms with Crippen LogP contribution < -0.4 is 0 Å². The van der Waals surface area contributed by atoms with E-state index < -0.39 is 68.0 Å². The van der Waals surface area contributed by atoms with Crippen molar-refractivity contribution in [1.82, 2.24) is 8.61 Å². The summed E-state index contributed by atoms with van der Waals surface area (Å²) in [6, 6.07) is -3.68. The third-order valence-corrected chi connectivity index (χ3v) is 7.17. The van der Waals surface area contributed by atoms with Gasteiger partial charge in [0, 0.05) is 24.8 Å². The number of halogens is 8. The predicted octanol–water partition coefficient (Wildman–Crippen LogP) is 1.52. The molecule has 24 heavy (non-hydrogen) atoms. The maximum Gasteiger partial charge on any atom is 0.511 e. The minimum atomic E-state index is -5.92. The number of piperazine rings is 1. The summed E-state index contributed by atoms with van der Waals surface area (Å²) >= 11 is 10.7. The highest BCUT2D eigenvalue weighted by Gasteiger charge is 2.58. The number of hydrogen-bond acceptors (Lipinski definition) is 4. The van der Waals surface area contributed by atoms with Gasteiger partial charge in [0.15, 0.2) is 0 Å². The van der Waals surface area contributed by atoms with E-state index in [0.717, 1.165) is 0 Å². The van der Waals surface area contributed by atoms with Crippen LogP contribution in [-0.4, -0.2) is 73.4 Å². The molecule has 0 aromatic heterocycles. The molecule has 16 heteroatoms. The first kappa shape index (κ1) is 22.0. The molecule has 1 fully saturated rings. The van der Waals surface area contributed by atoms with Crippen molar-refractivity contribution in [1.29, 1.82) is 0 Å². The van der Waals surface area contributed by atoms with E-state index in [9.17, 15) is 43.2 Å². The topological polar surface area (TPSA) is 74.8 Å². The fourth-order valence-electron chi connectivity index (χ4n) is 2.00. The number of nitrogens with zero attached hydrogens (tertiary/aromatic N) is 2. The molecule has 0 amide bonds. The molecule has 6 nitrogen and oxygen atoms in total. The smallest absolute Gasteiger partial charge is 0.203 e. The van der Waals surface area contributed by atoms with Crippen molar-refractivity contribution in [2.75, 3.05) is 24.8 Å². The van der Waals surface area contributed by atoms with Crippen LogP contribution in [0.3, 0.4) is 0 Å². The highest BCUT2D eigenvalue weighted by molar-refractivity contribution is 7.90. The molecule has 1 aliphatic rings. The van der Waals surface area contributed by atoms with Gasteiger partial charge >= 0.3 is 31.1 Å². The molecule has 0 aromatic carbocycles. The first-order valence-corrected chi connectivity index (χ1v) is 9.84. The molecule has 0 unspecified atom stereocenters. The average Bonchev–Trinajstić information content (AvgIpc) is 2.43. The van der Waals surface area contributed by atoms with E-state index in [1.165, 1.54) is 0 Å². The van der Waals surface area contributed by atoms with Gasteiger partial charge in [-0.2, -0.15) is 35.0 Å². The largest absolute Gasteiger partial charge is 0.511 e. The van der Waals surface area contributed by atoms with Crippen LogP contribution >= 0.6 is 23.2 Å². The Balaban J connectivity index is 3.32. The molecular formula is C8H10Cl2F6N2O4S2. The van der Waals surface area contributed by atoms with Crippen molar-refractivity contribution in [3.8, 4) is 0 Å². The van der Waals surface area contributed by atoms with E-state index in [0.29, 0.717) is 0 Å². The molecule has 144 valence electrons. The summed E-state index contributed by atoms with van der Waals surface area (Å²) in [5, 5.41) is 0. The number of rotatable bonds is 4. The summed E-state index contributed by atoms with van der Waals surface area (Å²) in [6.45, 7) is -2.42. The number of alkyl halides is 8. The Bertz CT molecular complexity index is 607. The van der Waals surface area contributed by atoms with Crippen LogP contribution in [0.2, 0.25) is 0 Å². The molecular weight excluding hydrogens is 437 g/mol. The van der Waals surface area contributed by atoms with Crippen molar-refractivity contribution in [3.05, 3.63) is 0 Å². The van der Waals surface area contributed by atoms with Gasteiger partial charge in [-0.05, 0) is 0 Å². The molecule has 1 heterocycles. The van der Waals surface area contributed by atoms with E-state index in [-0.39, 0.29) is 8.61 Å². The minimum Gasteiger partial charge on any atom is -0.203 e. The minimum absolute atomic E-state index is 0.171. The van der Waals surface area contributed by atoms with Crippen molar-refractivity contribution < 1.29 is 43.2 Å². The molecule has 0 spiro atoms. The van der Waals surface area contributed by atoms with E-state index in [1.807, 2.05) is 0 Å². The highest BCUT2D eigenvalue weighted by atomic mass is 35.5. The summed E-state index contributed by atoms with van der Waals surface area (Å²) in [6.07, 6.45) is 0. The fourth-order valence-corrected chi connectivity index (χ4v) is 5.03. The third-order valence-electron chi connectivity index (χ3n) is 3.15. The van der Waals surface area contributed by atoms with Crippen molar-refractivity contribution in [2.24, 2.45) is 0 Å². The van der Waals surface area contributed by atoms with Crippen LogP contribution in [0.4, 0.5) is 26.3 Å². The van der Waals surface area contributed by atoms with E-state index in [1.54, 1.807) is 0 Å². The second-order valence-corrected chi connectivity index (χ2v) is 9.04. The lowest BCUT2D eigenvalue weighted by Gasteiger charge is -2.43. The Kier molecular flexibility index (Phi) is 6.37. The van der Waals surface area contributed by atoms with Gasteiger partial charge in [0.1, 0.15) is 0 Å². The van der Waals surface area contributed by atoms with E-state index in [2.05, 4.69) is 0 Å². The summed E-state index contributed by atoms with van der Waals surface area (Å²) in [5.74, 6) is -1.71. The summed E-state index contributed by atoms with van der Waals surface area (Å²) in [4.78, 5) is 0. The zero-order chi connectivity index (χ0) is 19.1. The lowest BCUT2D eigenvalue weighted by molar-refractivity contribution is -0.0565. The Morgan fingerprint density at radius 2 is 1.00 bits per heavy atom. The summed E-state index contributed by atoms with van der Waals surface area (Å²) < 4.78 is 122. The molecule has 1 rings (SSSR count). The second-order valence-electron chi connectivity index (χ2n) is 4.66. The molecule has 0 bridgehead atoms. The van der Waals surface area contributed by atoms with Gasteiger partial charge in [-0.3, -0.25) is 0 Å². The van der Waals surface area contributed by atoms with Crippen LogP contribution in [0.5, 0.6) is 0 Å². The van der Waals surface area contributed by atoms with Crippen molar-refractivity contribution in [3.63, 3.8) is 0 Å². The van der Waals surface area contributed by atoms with Gasteiger partial charge in [-0.1, -0.05) is 0 Å². The fraction of sp³-hybridized carbons (Fsp3) is 1.00. The van der Waals surface area contributed by atoms with E-state index >= 15 is 0 Å². The van der Waals surface area contributed by atoms with Gasteiger partial charge in [-0.15, -0.1) is 23.2 Å². The standard InChI is InChI=1S/C8H10Cl2F6N2O4S2/c9-1-5-3-18(24(21,22)8(14,15)16)6(2-10)4-17(5)23(19,20)7(11,12)13/h5-6H,1-4H2/t5-,6+. The zero-order valence-electron chi connectivity index (χ0n) is 11.4. The predicted molar refractivity (Wildman–Crippen MR) is 72.4 cm³/mol. The first-order chi connectivity index (χ1) is 10.6. The van der Waals surface area contributed by atoms with Gasteiger partial charge in [0.05, 0.1) is 12.1 Å². The Morgan fingerprint density at radius 1 is 0.750 bits per heavy atom. The summed E-state index contributed by atoms with van der Waals surface area (Å²) in [7, 11) is -11.8. The molecule has 1 aliphatic heterocycles. The van der Waals surface area contributed by atoms with Gasteiger partial charge in [0.25, 0.3) is 0 Å². The van der Waals surface area contributed by atoms with Crippen LogP contribution in [0.25, 0.3) is 0 Å². The molecule has 0 radical (unpaired) electrons. The Morgan fingerprint density at radius 3 is 1.17 bits per heavy atom. The van der Waals surface area contributed by atoms with Crippen LogP contribution in [0.15, 0.2) is 0 Å². The third kappa shape index (κ3) is 3.87. The maximum absolute atomic E-state index is 12.7. The quantitative estimate of drug-likeness (QED) is 0.484. The molecule has 0 saturated carbocycles. The second kappa shape index (κ2) is 6.95. The summed E-state index contributed by atoms with van der Waals surface area (Å²) in [5.41, 5.74) is -11.4. The van der Waals surface area contributed by atoms with Crippen LogP contribution in [0.1, 0.15) is 0 Å². The lowest BCUT2D eigenvalue weighted by Crippen LogP contribution is -2.65. The molecule has 1 saturated heterocycles. The van der Waals surface area contributed by atoms with Gasteiger partial charge < -0.3 is 0 Å². The van der Waals surface area contributed by atoms with Crippen molar-refractivity contribution in [2.45, 2.75) is 23.1 Å². The molecule has 2 atom stereocenters. The number of sulfonamides is 2. The Labute approximate surface area is 143 Å². The molecule has 0 aliphatic carbocycles. The van der Waals surface area contributed by atoms with Gasteiger partial charge in [0.2, 0.25) is 0 Å². The zero-order valence-corrected chi connectivity index (χ0v) is 14.5. The first-order valence-electron chi connectivity index (χ1n) is 5.89. The monoisotopic (exact) mass is 446 g/mol. The molecule has 0 N–H and O–H groups in total. The average molecular weight is 447 g/mol. The number of hydrogen-bond donors (Lipinski definition) is 0. The van der Waals surface area contributed by atoms with Crippen LogP contribution in [-0.2, 0) is 20.0 Å². The molecule has 0 aromatic rings. The van der Waals surface area contributed by atoms with Gasteiger partial charge in [-0.25, -0.2) is 16.8 Å². The Hall–Kier alpha value is -0.0200. The normalized spacial score (nSPS) is 25.8. The van der Waals surface area contributed by atoms with Crippen molar-refractivity contribution >= 4 is 43.2 Å². The maximum atomic E-state index is 12.7. The van der Waals surface area contributed by atoms with E-state index in [4.69, 9.17) is 23.2 Å². The SMILES string of the molecule is O=S(=O)(N1C[C@H](CCl)N(S(=O)(=O)C(F)(F)F)C[C@H]1CCl)C(F)(F)F. The highest BCUT2D eigenvalue weighted by Crippen LogP contribution is 2.35. The lowest BCUT2D eigenvalue weighted by atomic mass is 10.2. The van der Waals surface area contributed by atoms with Crippen LogP contribution in [0, 0.1) is 0 Å².